The van der Waals surface area contributed by atoms with Crippen LogP contribution in [0.15, 0.2) is 12.3 Å². The van der Waals surface area contributed by atoms with E-state index < -0.39 is 0 Å². The molecule has 56 valence electrons. The predicted molar refractivity (Wildman–Crippen MR) is 43.2 cm³/mol. The molecule has 2 nitrogen and oxygen atoms in total. The summed E-state index contributed by atoms with van der Waals surface area (Å²) in [5, 5.41) is 8.52. The molecule has 0 atom stereocenters. The average molecular weight is 167 g/mol. The minimum atomic E-state index is 0.411. The fourth-order valence-corrected chi connectivity index (χ4v) is 1.05. The SMILES string of the molecule is Cc1ncc(C#N)cc1CCl. The summed E-state index contributed by atoms with van der Waals surface area (Å²) in [7, 11) is 0. The smallest absolute Gasteiger partial charge is 0.101 e. The molecule has 0 spiro atoms. The van der Waals surface area contributed by atoms with Crippen LogP contribution in [0.3, 0.4) is 0 Å². The normalized spacial score (nSPS) is 9.18. The van der Waals surface area contributed by atoms with Crippen molar-refractivity contribution in [2.24, 2.45) is 0 Å². The molecule has 0 N–H and O–H groups in total. The van der Waals surface area contributed by atoms with E-state index in [9.17, 15) is 0 Å². The number of halogens is 1. The number of aromatic nitrogens is 1. The predicted octanol–water partition coefficient (Wildman–Crippen LogP) is 2.00. The first-order chi connectivity index (χ1) is 5.27. The molecule has 0 bridgehead atoms. The third-order valence-corrected chi connectivity index (χ3v) is 1.75. The van der Waals surface area contributed by atoms with Crippen molar-refractivity contribution >= 4 is 11.6 Å². The van der Waals surface area contributed by atoms with Gasteiger partial charge in [-0.25, -0.2) is 0 Å². The Labute approximate surface area is 70.4 Å². The molecule has 3 heteroatoms. The zero-order valence-electron chi connectivity index (χ0n) is 6.13. The van der Waals surface area contributed by atoms with Crippen LogP contribution >= 0.6 is 11.6 Å². The van der Waals surface area contributed by atoms with Gasteiger partial charge >= 0.3 is 0 Å². The van der Waals surface area contributed by atoms with Gasteiger partial charge in [0.1, 0.15) is 6.07 Å². The lowest BCUT2D eigenvalue weighted by molar-refractivity contribution is 1.13. The van der Waals surface area contributed by atoms with Crippen molar-refractivity contribution in [1.82, 2.24) is 4.98 Å². The summed E-state index contributed by atoms with van der Waals surface area (Å²) in [6.45, 7) is 1.87. The molecular formula is C8H7ClN2. The summed E-state index contributed by atoms with van der Waals surface area (Å²) < 4.78 is 0. The molecule has 1 heterocycles. The van der Waals surface area contributed by atoms with E-state index in [4.69, 9.17) is 16.9 Å². The summed E-state index contributed by atoms with van der Waals surface area (Å²) in [6, 6.07) is 3.77. The zero-order chi connectivity index (χ0) is 8.27. The van der Waals surface area contributed by atoms with Gasteiger partial charge in [0.25, 0.3) is 0 Å². The van der Waals surface area contributed by atoms with Crippen molar-refractivity contribution in [2.45, 2.75) is 12.8 Å². The molecular weight excluding hydrogens is 160 g/mol. The summed E-state index contributed by atoms with van der Waals surface area (Å²) in [5.41, 5.74) is 2.37. The highest BCUT2D eigenvalue weighted by Gasteiger charge is 1.98. The van der Waals surface area contributed by atoms with Crippen LogP contribution in [0.2, 0.25) is 0 Å². The Morgan fingerprint density at radius 1 is 1.73 bits per heavy atom. The highest BCUT2D eigenvalue weighted by atomic mass is 35.5. The third-order valence-electron chi connectivity index (χ3n) is 1.46. The topological polar surface area (TPSA) is 36.7 Å². The molecule has 0 radical (unpaired) electrons. The summed E-state index contributed by atoms with van der Waals surface area (Å²) in [6.07, 6.45) is 1.55. The van der Waals surface area contributed by atoms with Crippen LogP contribution in [0.4, 0.5) is 0 Å². The van der Waals surface area contributed by atoms with Gasteiger partial charge in [0, 0.05) is 17.8 Å². The first kappa shape index (κ1) is 8.03. The third kappa shape index (κ3) is 1.69. The number of rotatable bonds is 1. The van der Waals surface area contributed by atoms with E-state index >= 15 is 0 Å². The lowest BCUT2D eigenvalue weighted by Gasteiger charge is -1.98. The lowest BCUT2D eigenvalue weighted by Crippen LogP contribution is -1.90. The highest BCUT2D eigenvalue weighted by molar-refractivity contribution is 6.17. The van der Waals surface area contributed by atoms with Gasteiger partial charge in [0.2, 0.25) is 0 Å². The lowest BCUT2D eigenvalue weighted by atomic mass is 10.2. The van der Waals surface area contributed by atoms with Crippen LogP contribution < -0.4 is 0 Å². The van der Waals surface area contributed by atoms with Crippen LogP contribution in [0.1, 0.15) is 16.8 Å². The Morgan fingerprint density at radius 3 is 3.00 bits per heavy atom. The second-order valence-electron chi connectivity index (χ2n) is 2.21. The van der Waals surface area contributed by atoms with E-state index in [1.807, 2.05) is 13.0 Å². The number of hydrogen-bond donors (Lipinski definition) is 0. The van der Waals surface area contributed by atoms with Crippen LogP contribution in [0, 0.1) is 18.3 Å². The second-order valence-corrected chi connectivity index (χ2v) is 2.48. The fourth-order valence-electron chi connectivity index (χ4n) is 0.775. The molecule has 11 heavy (non-hydrogen) atoms. The quantitative estimate of drug-likeness (QED) is 0.599. The van der Waals surface area contributed by atoms with Crippen LogP contribution in [0.25, 0.3) is 0 Å². The molecule has 0 aromatic carbocycles. The molecule has 0 saturated heterocycles. The largest absolute Gasteiger partial charge is 0.260 e. The zero-order valence-corrected chi connectivity index (χ0v) is 6.89. The van der Waals surface area contributed by atoms with Gasteiger partial charge in [0.05, 0.1) is 5.56 Å². The van der Waals surface area contributed by atoms with Gasteiger partial charge in [-0.2, -0.15) is 5.26 Å². The molecule has 1 rings (SSSR count). The average Bonchev–Trinajstić information content (AvgIpc) is 2.05. The number of hydrogen-bond acceptors (Lipinski definition) is 2. The van der Waals surface area contributed by atoms with Crippen molar-refractivity contribution in [3.05, 3.63) is 29.1 Å². The van der Waals surface area contributed by atoms with E-state index in [0.29, 0.717) is 11.4 Å². The maximum Gasteiger partial charge on any atom is 0.101 e. The minimum Gasteiger partial charge on any atom is -0.260 e. The van der Waals surface area contributed by atoms with Crippen molar-refractivity contribution in [2.75, 3.05) is 0 Å². The van der Waals surface area contributed by atoms with Crippen LogP contribution in [0.5, 0.6) is 0 Å². The van der Waals surface area contributed by atoms with Gasteiger partial charge in [-0.1, -0.05) is 0 Å². The first-order valence-corrected chi connectivity index (χ1v) is 3.73. The fraction of sp³-hybridized carbons (Fsp3) is 0.250. The van der Waals surface area contributed by atoms with Crippen molar-refractivity contribution in [3.63, 3.8) is 0 Å². The Morgan fingerprint density at radius 2 is 2.45 bits per heavy atom. The number of pyridine rings is 1. The van der Waals surface area contributed by atoms with Crippen molar-refractivity contribution < 1.29 is 0 Å². The molecule has 0 aliphatic heterocycles. The van der Waals surface area contributed by atoms with Gasteiger partial charge in [-0.3, -0.25) is 4.98 Å². The summed E-state index contributed by atoms with van der Waals surface area (Å²) in [5.74, 6) is 0.411. The molecule has 0 aliphatic rings. The number of alkyl halides is 1. The monoisotopic (exact) mass is 166 g/mol. The maximum atomic E-state index is 8.52. The van der Waals surface area contributed by atoms with E-state index in [1.54, 1.807) is 12.3 Å². The van der Waals surface area contributed by atoms with E-state index in [-0.39, 0.29) is 0 Å². The molecule has 0 amide bonds. The minimum absolute atomic E-state index is 0.411. The highest BCUT2D eigenvalue weighted by Crippen LogP contribution is 2.09. The molecule has 0 saturated carbocycles. The van der Waals surface area contributed by atoms with Gasteiger partial charge in [0.15, 0.2) is 0 Å². The van der Waals surface area contributed by atoms with Crippen LogP contribution in [-0.4, -0.2) is 4.98 Å². The Bertz CT molecular complexity index is 301. The standard InChI is InChI=1S/C8H7ClN2/c1-6-8(3-9)2-7(4-10)5-11-6/h2,5H,3H2,1H3. The maximum absolute atomic E-state index is 8.52. The Balaban J connectivity index is 3.15. The van der Waals surface area contributed by atoms with E-state index in [2.05, 4.69) is 4.98 Å². The Kier molecular flexibility index (Phi) is 2.45. The first-order valence-electron chi connectivity index (χ1n) is 3.19. The molecule has 1 aromatic heterocycles. The summed E-state index contributed by atoms with van der Waals surface area (Å²) in [4.78, 5) is 4.01. The number of aryl methyl sites for hydroxylation is 1. The molecule has 0 aliphatic carbocycles. The van der Waals surface area contributed by atoms with E-state index in [1.165, 1.54) is 0 Å². The van der Waals surface area contributed by atoms with Gasteiger partial charge < -0.3 is 0 Å². The number of nitriles is 1. The van der Waals surface area contributed by atoms with Crippen LogP contribution in [-0.2, 0) is 5.88 Å². The second kappa shape index (κ2) is 3.36. The summed E-state index contributed by atoms with van der Waals surface area (Å²) >= 11 is 5.61. The molecule has 0 unspecified atom stereocenters. The number of nitrogens with zero attached hydrogens (tertiary/aromatic N) is 2. The van der Waals surface area contributed by atoms with Crippen molar-refractivity contribution in [1.29, 1.82) is 5.26 Å². The molecule has 0 fully saturated rings. The van der Waals surface area contributed by atoms with E-state index in [0.717, 1.165) is 11.3 Å². The van der Waals surface area contributed by atoms with Gasteiger partial charge in [-0.05, 0) is 18.6 Å². The van der Waals surface area contributed by atoms with Crippen molar-refractivity contribution in [3.8, 4) is 6.07 Å². The molecule has 1 aromatic rings. The van der Waals surface area contributed by atoms with Gasteiger partial charge in [-0.15, -0.1) is 11.6 Å². The Hall–Kier alpha value is -1.07.